The van der Waals surface area contributed by atoms with Crippen LogP contribution in [-0.4, -0.2) is 61.0 Å². The van der Waals surface area contributed by atoms with Gasteiger partial charge in [-0.25, -0.2) is 0 Å². The van der Waals surface area contributed by atoms with E-state index in [2.05, 4.69) is 31.0 Å². The maximum Gasteiger partial charge on any atom is 0.222 e. The van der Waals surface area contributed by atoms with E-state index in [1.54, 1.807) is 0 Å². The van der Waals surface area contributed by atoms with Crippen molar-refractivity contribution in [3.63, 3.8) is 0 Å². The lowest BCUT2D eigenvalue weighted by Crippen LogP contribution is -2.44. The number of rotatable bonds is 9. The Labute approximate surface area is 124 Å². The van der Waals surface area contributed by atoms with Crippen LogP contribution in [0.3, 0.4) is 0 Å². The van der Waals surface area contributed by atoms with Gasteiger partial charge in [0, 0.05) is 32.1 Å². The molecule has 1 unspecified atom stereocenters. The normalized spacial score (nSPS) is 19.3. The Balaban J connectivity index is 2.21. The lowest BCUT2D eigenvalue weighted by Gasteiger charge is -2.30. The maximum absolute atomic E-state index is 12.0. The van der Waals surface area contributed by atoms with Gasteiger partial charge in [-0.2, -0.15) is 0 Å². The highest BCUT2D eigenvalue weighted by atomic mass is 16.2. The van der Waals surface area contributed by atoms with Crippen LogP contribution in [0.15, 0.2) is 0 Å². The van der Waals surface area contributed by atoms with E-state index in [0.29, 0.717) is 18.4 Å². The molecule has 4 heteroatoms. The van der Waals surface area contributed by atoms with Crippen molar-refractivity contribution in [1.29, 1.82) is 0 Å². The largest absolute Gasteiger partial charge is 0.343 e. The van der Waals surface area contributed by atoms with Gasteiger partial charge in [-0.3, -0.25) is 4.79 Å². The number of piperidine rings is 1. The van der Waals surface area contributed by atoms with Crippen molar-refractivity contribution in [3.05, 3.63) is 0 Å². The highest BCUT2D eigenvalue weighted by Crippen LogP contribution is 2.09. The van der Waals surface area contributed by atoms with Crippen molar-refractivity contribution in [2.45, 2.75) is 58.9 Å². The van der Waals surface area contributed by atoms with Crippen LogP contribution in [0, 0.1) is 0 Å². The lowest BCUT2D eigenvalue weighted by atomic mass is 10.0. The first-order valence-corrected chi connectivity index (χ1v) is 8.44. The first kappa shape index (κ1) is 17.4. The van der Waals surface area contributed by atoms with Gasteiger partial charge in [-0.1, -0.05) is 13.3 Å². The third-order valence-corrected chi connectivity index (χ3v) is 4.32. The maximum atomic E-state index is 12.0. The van der Waals surface area contributed by atoms with Crippen molar-refractivity contribution in [2.75, 3.05) is 39.3 Å². The molecule has 1 aliphatic rings. The molecule has 1 N–H and O–H groups in total. The number of amides is 1. The van der Waals surface area contributed by atoms with Gasteiger partial charge in [0.2, 0.25) is 5.91 Å². The fourth-order valence-electron chi connectivity index (χ4n) is 2.96. The standard InChI is InChI=1S/C16H33N3O/c1-4-18(14-15-10-7-8-12-17-15)13-9-11-16(20)19(5-2)6-3/h15,17H,4-14H2,1-3H3. The summed E-state index contributed by atoms with van der Waals surface area (Å²) in [4.78, 5) is 16.4. The van der Waals surface area contributed by atoms with E-state index >= 15 is 0 Å². The molecular weight excluding hydrogens is 250 g/mol. The molecule has 1 saturated heterocycles. The Morgan fingerprint density at radius 1 is 1.15 bits per heavy atom. The molecule has 20 heavy (non-hydrogen) atoms. The van der Waals surface area contributed by atoms with E-state index in [4.69, 9.17) is 0 Å². The van der Waals surface area contributed by atoms with Gasteiger partial charge in [0.05, 0.1) is 0 Å². The van der Waals surface area contributed by atoms with E-state index in [9.17, 15) is 4.79 Å². The second kappa shape index (κ2) is 10.2. The minimum Gasteiger partial charge on any atom is -0.343 e. The summed E-state index contributed by atoms with van der Waals surface area (Å²) >= 11 is 0. The highest BCUT2D eigenvalue weighted by molar-refractivity contribution is 5.76. The molecule has 4 nitrogen and oxygen atoms in total. The van der Waals surface area contributed by atoms with Crippen LogP contribution < -0.4 is 5.32 Å². The molecule has 0 radical (unpaired) electrons. The SMILES string of the molecule is CCN(CCCC(=O)N(CC)CC)CC1CCCCN1. The number of likely N-dealkylation sites (N-methyl/N-ethyl adjacent to an activating group) is 1. The highest BCUT2D eigenvalue weighted by Gasteiger charge is 2.16. The van der Waals surface area contributed by atoms with Gasteiger partial charge in [-0.05, 0) is 52.7 Å². The van der Waals surface area contributed by atoms with Crippen molar-refractivity contribution in [3.8, 4) is 0 Å². The van der Waals surface area contributed by atoms with E-state index in [1.165, 1.54) is 25.8 Å². The van der Waals surface area contributed by atoms with E-state index in [1.807, 2.05) is 4.90 Å². The Morgan fingerprint density at radius 3 is 2.45 bits per heavy atom. The molecule has 1 fully saturated rings. The number of nitrogens with one attached hydrogen (secondary N) is 1. The zero-order valence-corrected chi connectivity index (χ0v) is 13.7. The molecule has 0 saturated carbocycles. The summed E-state index contributed by atoms with van der Waals surface area (Å²) in [6, 6.07) is 0.655. The van der Waals surface area contributed by atoms with E-state index in [-0.39, 0.29) is 0 Å². The fourth-order valence-corrected chi connectivity index (χ4v) is 2.96. The number of carbonyl (C=O) groups is 1. The zero-order chi connectivity index (χ0) is 14.8. The molecule has 1 heterocycles. The van der Waals surface area contributed by atoms with Gasteiger partial charge in [0.1, 0.15) is 0 Å². The van der Waals surface area contributed by atoms with Crippen LogP contribution in [-0.2, 0) is 4.79 Å². The van der Waals surface area contributed by atoms with Crippen LogP contribution in [0.1, 0.15) is 52.9 Å². The lowest BCUT2D eigenvalue weighted by molar-refractivity contribution is -0.130. The van der Waals surface area contributed by atoms with Crippen LogP contribution in [0.2, 0.25) is 0 Å². The first-order chi connectivity index (χ1) is 9.71. The molecule has 1 atom stereocenters. The van der Waals surface area contributed by atoms with Crippen LogP contribution in [0.4, 0.5) is 0 Å². The van der Waals surface area contributed by atoms with Crippen LogP contribution in [0.25, 0.3) is 0 Å². The molecule has 0 aromatic carbocycles. The van der Waals surface area contributed by atoms with Gasteiger partial charge < -0.3 is 15.1 Å². The van der Waals surface area contributed by atoms with Gasteiger partial charge in [-0.15, -0.1) is 0 Å². The summed E-state index contributed by atoms with van der Waals surface area (Å²) in [5.74, 6) is 0.307. The fraction of sp³-hybridized carbons (Fsp3) is 0.938. The molecule has 0 spiro atoms. The molecule has 1 rings (SSSR count). The quantitative estimate of drug-likeness (QED) is 0.704. The van der Waals surface area contributed by atoms with Crippen molar-refractivity contribution >= 4 is 5.91 Å². The molecular formula is C16H33N3O. The van der Waals surface area contributed by atoms with Crippen molar-refractivity contribution in [2.24, 2.45) is 0 Å². The number of hydrogen-bond donors (Lipinski definition) is 1. The van der Waals surface area contributed by atoms with Crippen LogP contribution in [0.5, 0.6) is 0 Å². The number of hydrogen-bond acceptors (Lipinski definition) is 3. The molecule has 0 bridgehead atoms. The van der Waals surface area contributed by atoms with E-state index in [0.717, 1.165) is 39.1 Å². The monoisotopic (exact) mass is 283 g/mol. The summed E-state index contributed by atoms with van der Waals surface area (Å²) in [6.45, 7) is 12.4. The predicted molar refractivity (Wildman–Crippen MR) is 84.9 cm³/mol. The molecule has 0 aliphatic carbocycles. The molecule has 0 aromatic rings. The van der Waals surface area contributed by atoms with Crippen molar-refractivity contribution in [1.82, 2.24) is 15.1 Å². The van der Waals surface area contributed by atoms with Gasteiger partial charge in [0.25, 0.3) is 0 Å². The predicted octanol–water partition coefficient (Wildman–Crippen LogP) is 2.10. The second-order valence-corrected chi connectivity index (χ2v) is 5.71. The third kappa shape index (κ3) is 6.23. The van der Waals surface area contributed by atoms with Crippen molar-refractivity contribution < 1.29 is 4.79 Å². The molecule has 118 valence electrons. The third-order valence-electron chi connectivity index (χ3n) is 4.32. The summed E-state index contributed by atoms with van der Waals surface area (Å²) < 4.78 is 0. The van der Waals surface area contributed by atoms with Gasteiger partial charge >= 0.3 is 0 Å². The Kier molecular flexibility index (Phi) is 8.86. The molecule has 0 aromatic heterocycles. The number of carbonyl (C=O) groups excluding carboxylic acids is 1. The smallest absolute Gasteiger partial charge is 0.222 e. The molecule has 1 amide bonds. The first-order valence-electron chi connectivity index (χ1n) is 8.44. The Bertz CT molecular complexity index is 260. The summed E-state index contributed by atoms with van der Waals surface area (Å²) in [5, 5.41) is 3.60. The van der Waals surface area contributed by atoms with Gasteiger partial charge in [0.15, 0.2) is 0 Å². The Hall–Kier alpha value is -0.610. The average molecular weight is 283 g/mol. The minimum absolute atomic E-state index is 0.307. The second-order valence-electron chi connectivity index (χ2n) is 5.71. The zero-order valence-electron chi connectivity index (χ0n) is 13.7. The summed E-state index contributed by atoms with van der Waals surface area (Å²) in [5.41, 5.74) is 0. The topological polar surface area (TPSA) is 35.6 Å². The molecule has 1 aliphatic heterocycles. The minimum atomic E-state index is 0.307. The average Bonchev–Trinajstić information content (AvgIpc) is 2.48. The summed E-state index contributed by atoms with van der Waals surface area (Å²) in [6.07, 6.45) is 5.65. The number of nitrogens with zero attached hydrogens (tertiary/aromatic N) is 2. The van der Waals surface area contributed by atoms with E-state index < -0.39 is 0 Å². The summed E-state index contributed by atoms with van der Waals surface area (Å²) in [7, 11) is 0. The van der Waals surface area contributed by atoms with Crippen LogP contribution >= 0.6 is 0 Å². The Morgan fingerprint density at radius 2 is 1.90 bits per heavy atom.